The predicted octanol–water partition coefficient (Wildman–Crippen LogP) is 13.2. The summed E-state index contributed by atoms with van der Waals surface area (Å²) in [4.78, 5) is 37.5. The number of aryl methyl sites for hydroxylation is 2. The van der Waals surface area contributed by atoms with Gasteiger partial charge in [0.2, 0.25) is 0 Å². The van der Waals surface area contributed by atoms with Crippen molar-refractivity contribution in [3.63, 3.8) is 0 Å². The van der Waals surface area contributed by atoms with Gasteiger partial charge in [-0.15, -0.1) is 34.0 Å². The minimum absolute atomic E-state index is 0.0387. The van der Waals surface area contributed by atoms with E-state index < -0.39 is 0 Å². The highest BCUT2D eigenvalue weighted by Crippen LogP contribution is 2.35. The lowest BCUT2D eigenvalue weighted by Gasteiger charge is -2.08. The largest absolute Gasteiger partial charge is 0.495 e. The fourth-order valence-electron chi connectivity index (χ4n) is 6.69. The quantitative estimate of drug-likeness (QED) is 0.166. The first kappa shape index (κ1) is 38.4. The molecule has 0 aliphatic heterocycles. The zero-order valence-corrected chi connectivity index (χ0v) is 34.4. The molecule has 6 aromatic carbocycles. The van der Waals surface area contributed by atoms with E-state index in [9.17, 15) is 14.4 Å². The van der Waals surface area contributed by atoms with Crippen molar-refractivity contribution in [3.05, 3.63) is 168 Å². The van der Waals surface area contributed by atoms with E-state index in [0.717, 1.165) is 62.6 Å². The van der Waals surface area contributed by atoms with Crippen molar-refractivity contribution in [2.24, 2.45) is 0 Å². The smallest absolute Gasteiger partial charge is 0.197 e. The monoisotopic (exact) mass is 798 g/mol. The molecule has 0 radical (unpaired) electrons. The van der Waals surface area contributed by atoms with Crippen LogP contribution in [-0.2, 0) is 12.8 Å². The molecular weight excluding hydrogens is 760 g/mol. The Morgan fingerprint density at radius 3 is 1.69 bits per heavy atom. The maximum absolute atomic E-state index is 12.6. The number of hydrogen-bond donors (Lipinski definition) is 0. The molecule has 0 N–H and O–H groups in total. The van der Waals surface area contributed by atoms with Gasteiger partial charge in [-0.05, 0) is 102 Å². The van der Waals surface area contributed by atoms with Gasteiger partial charge in [0.25, 0.3) is 0 Å². The molecule has 55 heavy (non-hydrogen) atoms. The molecule has 276 valence electrons. The number of ether oxygens (including phenoxy) is 1. The first-order chi connectivity index (χ1) is 26.6. The molecule has 0 unspecified atom stereocenters. The molecule has 3 aromatic heterocycles. The molecule has 0 fully saturated rings. The summed E-state index contributed by atoms with van der Waals surface area (Å²) >= 11 is 11.1. The Morgan fingerprint density at radius 1 is 0.564 bits per heavy atom. The molecule has 0 aliphatic rings. The van der Waals surface area contributed by atoms with Crippen molar-refractivity contribution in [2.75, 3.05) is 7.11 Å². The van der Waals surface area contributed by atoms with Crippen LogP contribution in [0.4, 0.5) is 0 Å². The van der Waals surface area contributed by atoms with Crippen molar-refractivity contribution in [1.29, 1.82) is 0 Å². The van der Waals surface area contributed by atoms with E-state index in [1.54, 1.807) is 41.9 Å². The van der Waals surface area contributed by atoms with Gasteiger partial charge in [-0.25, -0.2) is 0 Å². The Kier molecular flexibility index (Phi) is 11.5. The van der Waals surface area contributed by atoms with Crippen LogP contribution in [0.5, 0.6) is 5.75 Å². The van der Waals surface area contributed by atoms with Crippen molar-refractivity contribution in [3.8, 4) is 5.75 Å². The third kappa shape index (κ3) is 7.54. The highest BCUT2D eigenvalue weighted by atomic mass is 35.5. The van der Waals surface area contributed by atoms with Crippen LogP contribution in [-0.4, -0.2) is 7.11 Å². The van der Waals surface area contributed by atoms with E-state index >= 15 is 0 Å². The number of methoxy groups -OCH3 is 1. The van der Waals surface area contributed by atoms with Gasteiger partial charge in [-0.1, -0.05) is 87.8 Å². The molecule has 0 spiro atoms. The van der Waals surface area contributed by atoms with Crippen LogP contribution < -0.4 is 21.0 Å². The molecule has 0 bridgehead atoms. The van der Waals surface area contributed by atoms with Gasteiger partial charge >= 0.3 is 0 Å². The molecule has 0 saturated carbocycles. The average Bonchev–Trinajstić information content (AvgIpc) is 3.21. The predicted molar refractivity (Wildman–Crippen MR) is 241 cm³/mol. The number of halogens is 1. The van der Waals surface area contributed by atoms with Crippen LogP contribution in [0.2, 0.25) is 5.02 Å². The van der Waals surface area contributed by atoms with Crippen molar-refractivity contribution in [2.45, 2.75) is 46.5 Å². The Hall–Kier alpha value is -4.92. The van der Waals surface area contributed by atoms with Crippen molar-refractivity contribution in [1.82, 2.24) is 0 Å². The number of benzene rings is 6. The number of rotatable bonds is 4. The van der Waals surface area contributed by atoms with E-state index in [1.807, 2.05) is 78.9 Å². The zero-order chi connectivity index (χ0) is 38.8. The lowest BCUT2D eigenvalue weighted by atomic mass is 10.0. The summed E-state index contributed by atoms with van der Waals surface area (Å²) in [7, 11) is 1.59. The SMILES string of the molecule is CC(C)c1ccc2sc3ccccc3c(=O)c2c1.CCc1cc(CC)c2sc3ccccc3c(=O)c2c1.COc1ccc(Cl)c2c(=O)c3ccccc3sc12. The average molecular weight is 799 g/mol. The molecule has 0 atom stereocenters. The molecule has 9 rings (SSSR count). The summed E-state index contributed by atoms with van der Waals surface area (Å²) < 4.78 is 11.4. The second-order valence-electron chi connectivity index (χ2n) is 13.5. The normalized spacial score (nSPS) is 11.3. The van der Waals surface area contributed by atoms with E-state index in [1.165, 1.54) is 28.0 Å². The summed E-state index contributed by atoms with van der Waals surface area (Å²) in [6.45, 7) is 8.59. The maximum atomic E-state index is 12.6. The highest BCUT2D eigenvalue weighted by molar-refractivity contribution is 7.25. The van der Waals surface area contributed by atoms with Gasteiger partial charge in [0.15, 0.2) is 16.3 Å². The van der Waals surface area contributed by atoms with Gasteiger partial charge in [0.05, 0.1) is 22.2 Å². The Labute approximate surface area is 335 Å². The first-order valence-corrected chi connectivity index (χ1v) is 21.1. The van der Waals surface area contributed by atoms with Gasteiger partial charge in [-0.2, -0.15) is 0 Å². The van der Waals surface area contributed by atoms with E-state index in [0.29, 0.717) is 27.5 Å². The second-order valence-corrected chi connectivity index (χ2v) is 17.1. The topological polar surface area (TPSA) is 60.4 Å². The Morgan fingerprint density at radius 2 is 1.11 bits per heavy atom. The molecule has 3 heterocycles. The Bertz CT molecular complexity index is 3070. The summed E-state index contributed by atoms with van der Waals surface area (Å²) in [5, 5.41) is 5.12. The van der Waals surface area contributed by atoms with Gasteiger partial charge in [-0.3, -0.25) is 14.4 Å². The van der Waals surface area contributed by atoms with Crippen LogP contribution >= 0.6 is 45.6 Å². The van der Waals surface area contributed by atoms with Crippen LogP contribution in [0.25, 0.3) is 60.5 Å². The molecule has 0 aliphatic carbocycles. The standard InChI is InChI=1S/C17H16OS.C16H14OS.C14H9ClO2S/c1-3-11-9-12(4-2)17-14(10-11)16(18)13-7-5-6-8-15(13)19-17;1-10(2)11-7-8-15-13(9-11)16(17)12-5-3-4-6-14(12)18-15;1-17-10-7-6-9(15)12-13(16)8-4-2-3-5-11(8)18-14(10)12/h5-10H,3-4H2,1-2H3;3-10H,1-2H3;2-7H,1H3. The highest BCUT2D eigenvalue weighted by Gasteiger charge is 2.13. The van der Waals surface area contributed by atoms with E-state index in [4.69, 9.17) is 16.3 Å². The fraction of sp³-hybridized carbons (Fsp3) is 0.170. The Balaban J connectivity index is 0.000000127. The van der Waals surface area contributed by atoms with Crippen LogP contribution in [0.3, 0.4) is 0 Å². The minimum Gasteiger partial charge on any atom is -0.495 e. The number of hydrogen-bond acceptors (Lipinski definition) is 7. The molecular formula is C47H39ClO4S3. The summed E-state index contributed by atoms with van der Waals surface area (Å²) in [6, 6.07) is 37.3. The molecule has 8 heteroatoms. The summed E-state index contributed by atoms with van der Waals surface area (Å²) in [5.41, 5.74) is 4.06. The second kappa shape index (κ2) is 16.4. The summed E-state index contributed by atoms with van der Waals surface area (Å²) in [6.07, 6.45) is 1.94. The molecule has 0 amide bonds. The zero-order valence-electron chi connectivity index (χ0n) is 31.2. The third-order valence-corrected chi connectivity index (χ3v) is 13.6. The summed E-state index contributed by atoms with van der Waals surface area (Å²) in [5.74, 6) is 1.13. The van der Waals surface area contributed by atoms with Crippen molar-refractivity contribution < 1.29 is 4.74 Å². The minimum atomic E-state index is -0.0387. The van der Waals surface area contributed by atoms with E-state index in [2.05, 4.69) is 52.0 Å². The molecule has 0 saturated heterocycles. The van der Waals surface area contributed by atoms with Gasteiger partial charge < -0.3 is 4.74 Å². The van der Waals surface area contributed by atoms with Crippen LogP contribution in [0.15, 0.2) is 130 Å². The maximum Gasteiger partial charge on any atom is 0.197 e. The first-order valence-electron chi connectivity index (χ1n) is 18.2. The van der Waals surface area contributed by atoms with Crippen molar-refractivity contribution >= 4 is 106 Å². The van der Waals surface area contributed by atoms with Gasteiger partial charge in [0.1, 0.15) is 5.75 Å². The molecule has 4 nitrogen and oxygen atoms in total. The van der Waals surface area contributed by atoms with Crippen LogP contribution in [0.1, 0.15) is 50.3 Å². The van der Waals surface area contributed by atoms with Gasteiger partial charge in [0, 0.05) is 50.4 Å². The lowest BCUT2D eigenvalue weighted by molar-refractivity contribution is 0.420. The third-order valence-electron chi connectivity index (χ3n) is 9.73. The molecule has 9 aromatic rings. The fourth-order valence-corrected chi connectivity index (χ4v) is 10.5. The van der Waals surface area contributed by atoms with Crippen LogP contribution in [0, 0.1) is 0 Å². The lowest BCUT2D eigenvalue weighted by Crippen LogP contribution is -2.03. The number of fused-ring (bicyclic) bond motifs is 6. The van der Waals surface area contributed by atoms with E-state index in [-0.39, 0.29) is 16.3 Å².